The van der Waals surface area contributed by atoms with Gasteiger partial charge in [-0.15, -0.1) is 0 Å². The highest BCUT2D eigenvalue weighted by Gasteiger charge is 2.38. The summed E-state index contributed by atoms with van der Waals surface area (Å²) in [5.74, 6) is 3.39. The van der Waals surface area contributed by atoms with Gasteiger partial charge in [-0.05, 0) is 29.9 Å². The van der Waals surface area contributed by atoms with Crippen LogP contribution >= 0.6 is 11.8 Å². The van der Waals surface area contributed by atoms with E-state index in [2.05, 4.69) is 48.3 Å². The lowest BCUT2D eigenvalue weighted by Crippen LogP contribution is -2.29. The van der Waals surface area contributed by atoms with E-state index in [1.807, 2.05) is 0 Å². The Hall–Kier alpha value is -0.470. The third kappa shape index (κ3) is 2.53. The van der Waals surface area contributed by atoms with Gasteiger partial charge in [0.05, 0.1) is 0 Å². The molecule has 0 saturated heterocycles. The van der Waals surface area contributed by atoms with E-state index in [1.54, 1.807) is 5.56 Å². The van der Waals surface area contributed by atoms with Crippen molar-refractivity contribution in [1.29, 1.82) is 0 Å². The van der Waals surface area contributed by atoms with E-state index in [-0.39, 0.29) is 0 Å². The third-order valence-corrected chi connectivity index (χ3v) is 5.05. The molecule has 0 bridgehead atoms. The first-order chi connectivity index (χ1) is 8.38. The Balaban J connectivity index is 1.66. The summed E-state index contributed by atoms with van der Waals surface area (Å²) in [6.45, 7) is 2.29. The van der Waals surface area contributed by atoms with Gasteiger partial charge >= 0.3 is 0 Å². The molecule has 1 aliphatic carbocycles. The first kappa shape index (κ1) is 11.6. The van der Waals surface area contributed by atoms with Gasteiger partial charge in [0.15, 0.2) is 0 Å². The molecule has 0 radical (unpaired) electrons. The smallest absolute Gasteiger partial charge is 0.0417 e. The Morgan fingerprint density at radius 1 is 1.35 bits per heavy atom. The summed E-state index contributed by atoms with van der Waals surface area (Å²) in [6, 6.07) is 10.3. The van der Waals surface area contributed by atoms with Gasteiger partial charge in [0, 0.05) is 23.6 Å². The first-order valence-electron chi connectivity index (χ1n) is 6.80. The van der Waals surface area contributed by atoms with E-state index in [9.17, 15) is 0 Å². The second-order valence-electron chi connectivity index (χ2n) is 5.32. The zero-order valence-electron chi connectivity index (χ0n) is 10.5. The van der Waals surface area contributed by atoms with Crippen molar-refractivity contribution in [2.45, 2.75) is 44.0 Å². The topological polar surface area (TPSA) is 12.0 Å². The van der Waals surface area contributed by atoms with Crippen LogP contribution in [0, 0.1) is 5.92 Å². The molecule has 3 atom stereocenters. The lowest BCUT2D eigenvalue weighted by Gasteiger charge is -2.26. The zero-order chi connectivity index (χ0) is 11.7. The van der Waals surface area contributed by atoms with Crippen LogP contribution in [0.5, 0.6) is 0 Å². The quantitative estimate of drug-likeness (QED) is 0.869. The van der Waals surface area contributed by atoms with Crippen LogP contribution in [0.25, 0.3) is 0 Å². The van der Waals surface area contributed by atoms with Crippen molar-refractivity contribution in [3.8, 4) is 0 Å². The molecule has 92 valence electrons. The fourth-order valence-electron chi connectivity index (χ4n) is 2.92. The summed E-state index contributed by atoms with van der Waals surface area (Å²) in [4.78, 5) is 0. The van der Waals surface area contributed by atoms with Crippen molar-refractivity contribution >= 4 is 11.8 Å². The Kier molecular flexibility index (Phi) is 3.44. The Morgan fingerprint density at radius 2 is 2.24 bits per heavy atom. The van der Waals surface area contributed by atoms with Crippen LogP contribution in [-0.2, 0) is 5.75 Å². The van der Waals surface area contributed by atoms with Crippen molar-refractivity contribution in [1.82, 2.24) is 5.32 Å². The molecule has 1 N–H and O–H groups in total. The van der Waals surface area contributed by atoms with Gasteiger partial charge in [0.1, 0.15) is 0 Å². The van der Waals surface area contributed by atoms with E-state index < -0.39 is 0 Å². The van der Waals surface area contributed by atoms with Gasteiger partial charge in [-0.2, -0.15) is 11.8 Å². The molecular weight excluding hydrogens is 226 g/mol. The van der Waals surface area contributed by atoms with Crippen LogP contribution in [0.15, 0.2) is 24.3 Å². The van der Waals surface area contributed by atoms with Crippen molar-refractivity contribution < 1.29 is 0 Å². The highest BCUT2D eigenvalue weighted by atomic mass is 32.2. The molecule has 1 saturated carbocycles. The van der Waals surface area contributed by atoms with Crippen molar-refractivity contribution in [2.75, 3.05) is 5.75 Å². The molecule has 1 aliphatic heterocycles. The maximum atomic E-state index is 3.86. The molecule has 1 nitrogen and oxygen atoms in total. The molecule has 2 aliphatic rings. The van der Waals surface area contributed by atoms with Crippen LogP contribution in [0.4, 0.5) is 0 Å². The maximum Gasteiger partial charge on any atom is 0.0417 e. The van der Waals surface area contributed by atoms with Gasteiger partial charge in [0.2, 0.25) is 0 Å². The summed E-state index contributed by atoms with van der Waals surface area (Å²) in [7, 11) is 0. The second kappa shape index (κ2) is 5.03. The fraction of sp³-hybridized carbons (Fsp3) is 0.600. The second-order valence-corrected chi connectivity index (χ2v) is 6.35. The van der Waals surface area contributed by atoms with Gasteiger partial charge in [-0.1, -0.05) is 37.6 Å². The number of benzene rings is 1. The van der Waals surface area contributed by atoms with E-state index in [4.69, 9.17) is 0 Å². The van der Waals surface area contributed by atoms with Crippen LogP contribution in [-0.4, -0.2) is 11.8 Å². The SMILES string of the molecule is CCCC1CC1NC1CSCc2ccccc21. The van der Waals surface area contributed by atoms with Crippen molar-refractivity contribution in [3.63, 3.8) is 0 Å². The highest BCUT2D eigenvalue weighted by Crippen LogP contribution is 2.39. The van der Waals surface area contributed by atoms with Crippen LogP contribution in [0.1, 0.15) is 43.4 Å². The standard InChI is InChI=1S/C15H21NS/c1-2-5-11-8-14(11)16-15-10-17-9-12-6-3-4-7-13(12)15/h3-4,6-7,11,14-16H,2,5,8-10H2,1H3. The largest absolute Gasteiger partial charge is 0.306 e. The summed E-state index contributed by atoms with van der Waals surface area (Å²) >= 11 is 2.07. The summed E-state index contributed by atoms with van der Waals surface area (Å²) < 4.78 is 0. The van der Waals surface area contributed by atoms with Gasteiger partial charge < -0.3 is 5.32 Å². The Morgan fingerprint density at radius 3 is 3.12 bits per heavy atom. The number of hydrogen-bond donors (Lipinski definition) is 1. The predicted octanol–water partition coefficient (Wildman–Crippen LogP) is 3.75. The molecule has 0 aromatic heterocycles. The molecule has 1 aromatic carbocycles. The summed E-state index contributed by atoms with van der Waals surface area (Å²) in [6.07, 6.45) is 4.13. The van der Waals surface area contributed by atoms with Crippen LogP contribution in [0.3, 0.4) is 0 Å². The maximum absolute atomic E-state index is 3.86. The lowest BCUT2D eigenvalue weighted by molar-refractivity contribution is 0.531. The lowest BCUT2D eigenvalue weighted by atomic mass is 10.0. The van der Waals surface area contributed by atoms with Gasteiger partial charge in [-0.3, -0.25) is 0 Å². The minimum atomic E-state index is 0.594. The molecule has 1 fully saturated rings. The zero-order valence-corrected chi connectivity index (χ0v) is 11.3. The van der Waals surface area contributed by atoms with Crippen LogP contribution < -0.4 is 5.32 Å². The Bertz CT molecular complexity index is 390. The van der Waals surface area contributed by atoms with Crippen molar-refractivity contribution in [3.05, 3.63) is 35.4 Å². The van der Waals surface area contributed by atoms with E-state index in [0.29, 0.717) is 6.04 Å². The van der Waals surface area contributed by atoms with Gasteiger partial charge in [0.25, 0.3) is 0 Å². The molecule has 1 aromatic rings. The number of thioether (sulfide) groups is 1. The molecule has 2 heteroatoms. The summed E-state index contributed by atoms with van der Waals surface area (Å²) in [5.41, 5.74) is 3.09. The highest BCUT2D eigenvalue weighted by molar-refractivity contribution is 7.98. The van der Waals surface area contributed by atoms with Crippen molar-refractivity contribution in [2.24, 2.45) is 5.92 Å². The normalized spacial score (nSPS) is 31.0. The molecule has 3 unspecified atom stereocenters. The predicted molar refractivity (Wildman–Crippen MR) is 75.3 cm³/mol. The first-order valence-corrected chi connectivity index (χ1v) is 7.95. The van der Waals surface area contributed by atoms with Crippen LogP contribution in [0.2, 0.25) is 0 Å². The molecule has 3 rings (SSSR count). The van der Waals surface area contributed by atoms with E-state index in [0.717, 1.165) is 12.0 Å². The number of rotatable bonds is 4. The number of hydrogen-bond acceptors (Lipinski definition) is 2. The summed E-state index contributed by atoms with van der Waals surface area (Å²) in [5, 5.41) is 3.86. The minimum absolute atomic E-state index is 0.594. The third-order valence-electron chi connectivity index (χ3n) is 3.97. The number of fused-ring (bicyclic) bond motifs is 1. The minimum Gasteiger partial charge on any atom is -0.306 e. The average Bonchev–Trinajstić information content (AvgIpc) is 3.08. The molecule has 1 heterocycles. The molecular formula is C15H21NS. The van der Waals surface area contributed by atoms with Gasteiger partial charge in [-0.25, -0.2) is 0 Å². The average molecular weight is 247 g/mol. The van der Waals surface area contributed by atoms with E-state index in [1.165, 1.54) is 36.3 Å². The Labute approximate surface area is 108 Å². The number of nitrogens with one attached hydrogen (secondary N) is 1. The monoisotopic (exact) mass is 247 g/mol. The van der Waals surface area contributed by atoms with E-state index >= 15 is 0 Å². The molecule has 17 heavy (non-hydrogen) atoms. The fourth-order valence-corrected chi connectivity index (χ4v) is 4.03. The molecule has 0 spiro atoms. The molecule has 0 amide bonds.